The predicted molar refractivity (Wildman–Crippen MR) is 101 cm³/mol. The van der Waals surface area contributed by atoms with Crippen LogP contribution in [0.15, 0.2) is 29.2 Å². The van der Waals surface area contributed by atoms with Crippen LogP contribution in [0.5, 0.6) is 0 Å². The van der Waals surface area contributed by atoms with Gasteiger partial charge in [-0.3, -0.25) is 20.3 Å². The average molecular weight is 409 g/mol. The Kier molecular flexibility index (Phi) is 5.31. The number of nitrogens with one attached hydrogen (secondary N) is 2. The second-order valence-electron chi connectivity index (χ2n) is 6.67. The summed E-state index contributed by atoms with van der Waals surface area (Å²) >= 11 is 1.36. The summed E-state index contributed by atoms with van der Waals surface area (Å²) in [7, 11) is -4.13. The Morgan fingerprint density at radius 3 is 2.78 bits per heavy atom. The Bertz CT molecular complexity index is 1010. The molecule has 0 bridgehead atoms. The first-order valence-electron chi connectivity index (χ1n) is 8.36. The number of benzene rings is 1. The molecule has 1 heterocycles. The van der Waals surface area contributed by atoms with E-state index in [-0.39, 0.29) is 10.6 Å². The summed E-state index contributed by atoms with van der Waals surface area (Å²) in [6.07, 6.45) is 2.92. The minimum absolute atomic E-state index is 0.292. The summed E-state index contributed by atoms with van der Waals surface area (Å²) in [6.45, 7) is 3.68. The van der Waals surface area contributed by atoms with Crippen LogP contribution in [-0.4, -0.2) is 19.2 Å². The maximum atomic E-state index is 12.3. The van der Waals surface area contributed by atoms with Crippen molar-refractivity contribution in [1.29, 1.82) is 0 Å². The van der Waals surface area contributed by atoms with Gasteiger partial charge in [0.1, 0.15) is 0 Å². The molecule has 1 aliphatic rings. The molecule has 3 rings (SSSR count). The number of sulfonamides is 1. The van der Waals surface area contributed by atoms with Crippen molar-refractivity contribution in [3.05, 3.63) is 55.3 Å². The minimum Gasteiger partial charge on any atom is -0.273 e. The molecule has 0 saturated heterocycles. The molecule has 144 valence electrons. The number of thiophene rings is 1. The zero-order chi connectivity index (χ0) is 19.8. The number of nitrogens with zero attached hydrogens (tertiary/aromatic N) is 1. The molecule has 27 heavy (non-hydrogen) atoms. The normalized spacial score (nSPS) is 16.6. The lowest BCUT2D eigenvalue weighted by Crippen LogP contribution is -2.41. The number of rotatable bonds is 5. The first-order chi connectivity index (χ1) is 12.7. The summed E-state index contributed by atoms with van der Waals surface area (Å²) < 4.78 is 24.7. The quantitative estimate of drug-likeness (QED) is 0.581. The van der Waals surface area contributed by atoms with Crippen molar-refractivity contribution in [1.82, 2.24) is 10.3 Å². The topological polar surface area (TPSA) is 118 Å². The molecular weight excluding hydrogens is 390 g/mol. The van der Waals surface area contributed by atoms with Gasteiger partial charge < -0.3 is 0 Å². The van der Waals surface area contributed by atoms with Crippen LogP contribution < -0.4 is 10.3 Å². The average Bonchev–Trinajstić information content (AvgIpc) is 3.02. The molecular formula is C17H19N3O5S2. The van der Waals surface area contributed by atoms with E-state index in [2.05, 4.69) is 12.3 Å². The molecule has 2 N–H and O–H groups in total. The highest BCUT2D eigenvalue weighted by atomic mass is 32.2. The molecule has 0 unspecified atom stereocenters. The van der Waals surface area contributed by atoms with Crippen LogP contribution in [0, 0.1) is 23.0 Å². The molecule has 0 radical (unpaired) electrons. The van der Waals surface area contributed by atoms with Gasteiger partial charge in [-0.2, -0.15) is 0 Å². The van der Waals surface area contributed by atoms with Gasteiger partial charge >= 0.3 is 0 Å². The maximum Gasteiger partial charge on any atom is 0.276 e. The number of fused-ring (bicyclic) bond motifs is 1. The first-order valence-corrected chi connectivity index (χ1v) is 10.7. The molecule has 0 saturated carbocycles. The minimum atomic E-state index is -4.13. The van der Waals surface area contributed by atoms with Gasteiger partial charge in [0, 0.05) is 16.5 Å². The van der Waals surface area contributed by atoms with Crippen molar-refractivity contribution >= 4 is 33.0 Å². The van der Waals surface area contributed by atoms with E-state index in [1.54, 1.807) is 6.07 Å². The Morgan fingerprint density at radius 2 is 2.07 bits per heavy atom. The first kappa shape index (κ1) is 19.5. The third-order valence-electron chi connectivity index (χ3n) is 4.54. The molecule has 0 fully saturated rings. The summed E-state index contributed by atoms with van der Waals surface area (Å²) in [5.74, 6) is 0.0195. The Hall–Kier alpha value is -2.30. The maximum absolute atomic E-state index is 12.3. The number of aryl methyl sites for hydroxylation is 2. The van der Waals surface area contributed by atoms with Crippen LogP contribution in [0.1, 0.15) is 39.0 Å². The van der Waals surface area contributed by atoms with Crippen molar-refractivity contribution in [3.63, 3.8) is 0 Å². The van der Waals surface area contributed by atoms with Crippen molar-refractivity contribution < 1.29 is 18.1 Å². The number of amides is 1. The zero-order valence-corrected chi connectivity index (χ0v) is 16.4. The van der Waals surface area contributed by atoms with Crippen molar-refractivity contribution in [2.24, 2.45) is 5.92 Å². The summed E-state index contributed by atoms with van der Waals surface area (Å²) in [5, 5.41) is 11.0. The van der Waals surface area contributed by atoms with Crippen molar-refractivity contribution in [2.45, 2.75) is 38.0 Å². The van der Waals surface area contributed by atoms with Gasteiger partial charge in [-0.05, 0) is 49.8 Å². The molecule has 1 atom stereocenters. The van der Waals surface area contributed by atoms with E-state index in [1.807, 2.05) is 4.83 Å². The van der Waals surface area contributed by atoms with Crippen LogP contribution in [0.2, 0.25) is 0 Å². The van der Waals surface area contributed by atoms with Crippen molar-refractivity contribution in [2.75, 3.05) is 0 Å². The fourth-order valence-electron chi connectivity index (χ4n) is 3.00. The molecule has 10 heteroatoms. The number of hydrogen-bond donors (Lipinski definition) is 2. The van der Waals surface area contributed by atoms with E-state index in [0.717, 1.165) is 35.8 Å². The number of hydrogen-bond acceptors (Lipinski definition) is 6. The predicted octanol–water partition coefficient (Wildman–Crippen LogP) is 2.71. The van der Waals surface area contributed by atoms with E-state index in [9.17, 15) is 23.3 Å². The Morgan fingerprint density at radius 1 is 1.33 bits per heavy atom. The molecule has 1 aliphatic carbocycles. The lowest BCUT2D eigenvalue weighted by Gasteiger charge is -2.16. The van der Waals surface area contributed by atoms with Gasteiger partial charge in [0.25, 0.3) is 21.6 Å². The number of nitro benzene ring substituents is 1. The Labute approximate surface area is 160 Å². The molecule has 1 aromatic carbocycles. The number of carbonyl (C=O) groups is 1. The molecule has 0 aliphatic heterocycles. The third kappa shape index (κ3) is 4.18. The molecule has 0 spiro atoms. The van der Waals surface area contributed by atoms with E-state index in [1.165, 1.54) is 30.4 Å². The number of carbonyl (C=O) groups excluding carboxylic acids is 1. The van der Waals surface area contributed by atoms with Gasteiger partial charge in [-0.1, -0.05) is 13.0 Å². The fraction of sp³-hybridized carbons (Fsp3) is 0.353. The smallest absolute Gasteiger partial charge is 0.273 e. The van der Waals surface area contributed by atoms with Crippen LogP contribution in [0.4, 0.5) is 5.69 Å². The van der Waals surface area contributed by atoms with Gasteiger partial charge in [-0.25, -0.2) is 8.42 Å². The molecule has 1 amide bonds. The fourth-order valence-corrected chi connectivity index (χ4v) is 4.97. The highest BCUT2D eigenvalue weighted by molar-refractivity contribution is 7.89. The van der Waals surface area contributed by atoms with Crippen LogP contribution >= 0.6 is 11.3 Å². The van der Waals surface area contributed by atoms with Crippen molar-refractivity contribution in [3.8, 4) is 0 Å². The van der Waals surface area contributed by atoms with E-state index >= 15 is 0 Å². The largest absolute Gasteiger partial charge is 0.276 e. The standard InChI is InChI=1S/C17H19N3O5S2/c1-10-3-6-15-12(7-10)8-16(26-15)17(21)18-19-27(24,25)13-5-4-11(2)14(9-13)20(22)23/h4-5,8-10,19H,3,6-7H2,1-2H3,(H,18,21)/t10-/m1/s1. The second kappa shape index (κ2) is 7.37. The van der Waals surface area contributed by atoms with E-state index in [0.29, 0.717) is 16.4 Å². The SMILES string of the molecule is Cc1ccc(S(=O)(=O)NNC(=O)c2cc3c(s2)CC[C@@H](C)C3)cc1[N+](=O)[O-]. The number of nitro groups is 1. The lowest BCUT2D eigenvalue weighted by atomic mass is 9.90. The monoisotopic (exact) mass is 409 g/mol. The summed E-state index contributed by atoms with van der Waals surface area (Å²) in [6, 6.07) is 5.37. The highest BCUT2D eigenvalue weighted by Gasteiger charge is 2.23. The second-order valence-corrected chi connectivity index (χ2v) is 9.49. The lowest BCUT2D eigenvalue weighted by molar-refractivity contribution is -0.385. The van der Waals surface area contributed by atoms with E-state index < -0.39 is 20.9 Å². The zero-order valence-electron chi connectivity index (χ0n) is 14.8. The summed E-state index contributed by atoms with van der Waals surface area (Å²) in [4.78, 5) is 26.0. The molecule has 8 nitrogen and oxygen atoms in total. The number of hydrazine groups is 1. The Balaban J connectivity index is 1.73. The molecule has 1 aromatic heterocycles. The highest BCUT2D eigenvalue weighted by Crippen LogP contribution is 2.32. The molecule has 2 aromatic rings. The van der Waals surface area contributed by atoms with Crippen LogP contribution in [0.3, 0.4) is 0 Å². The van der Waals surface area contributed by atoms with Gasteiger partial charge in [-0.15, -0.1) is 16.2 Å². The third-order valence-corrected chi connectivity index (χ3v) is 7.02. The van der Waals surface area contributed by atoms with Crippen LogP contribution in [-0.2, 0) is 22.9 Å². The van der Waals surface area contributed by atoms with Gasteiger partial charge in [0.15, 0.2) is 0 Å². The van der Waals surface area contributed by atoms with Crippen LogP contribution in [0.25, 0.3) is 0 Å². The van der Waals surface area contributed by atoms with Gasteiger partial charge in [0.2, 0.25) is 0 Å². The summed E-state index contributed by atoms with van der Waals surface area (Å²) in [5.41, 5.74) is 3.37. The van der Waals surface area contributed by atoms with E-state index in [4.69, 9.17) is 0 Å². The van der Waals surface area contributed by atoms with Gasteiger partial charge in [0.05, 0.1) is 14.7 Å².